The van der Waals surface area contributed by atoms with Crippen molar-refractivity contribution in [2.45, 2.75) is 12.8 Å². The van der Waals surface area contributed by atoms with Crippen molar-refractivity contribution in [3.8, 4) is 5.06 Å². The van der Waals surface area contributed by atoms with E-state index in [1.54, 1.807) is 12.1 Å². The molecule has 0 spiro atoms. The molecule has 1 aromatic rings. The zero-order valence-corrected chi connectivity index (χ0v) is 7.47. The van der Waals surface area contributed by atoms with Gasteiger partial charge in [-0.3, -0.25) is 4.79 Å². The number of hydrogen-bond acceptors (Lipinski definition) is 3. The number of carbonyl (C=O) groups is 1. The van der Waals surface area contributed by atoms with Crippen LogP contribution in [0.25, 0.3) is 0 Å². The SMILES string of the molecule is C=CCCC(=O)Oc1cccs1. The molecular weight excluding hydrogens is 172 g/mol. The van der Waals surface area contributed by atoms with Gasteiger partial charge in [0, 0.05) is 6.42 Å². The predicted octanol–water partition coefficient (Wildman–Crippen LogP) is 2.62. The monoisotopic (exact) mass is 182 g/mol. The first-order valence-electron chi connectivity index (χ1n) is 3.68. The van der Waals surface area contributed by atoms with Crippen LogP contribution in [0.1, 0.15) is 12.8 Å². The van der Waals surface area contributed by atoms with Crippen molar-refractivity contribution >= 4 is 17.3 Å². The molecule has 0 saturated heterocycles. The van der Waals surface area contributed by atoms with Gasteiger partial charge in [0.15, 0.2) is 5.06 Å². The maximum Gasteiger partial charge on any atom is 0.312 e. The van der Waals surface area contributed by atoms with Crippen molar-refractivity contribution < 1.29 is 9.53 Å². The first kappa shape index (κ1) is 9.00. The lowest BCUT2D eigenvalue weighted by Crippen LogP contribution is -2.05. The minimum Gasteiger partial charge on any atom is -0.415 e. The van der Waals surface area contributed by atoms with Gasteiger partial charge < -0.3 is 4.74 Å². The van der Waals surface area contributed by atoms with E-state index in [-0.39, 0.29) is 5.97 Å². The van der Waals surface area contributed by atoms with Gasteiger partial charge >= 0.3 is 5.97 Å². The van der Waals surface area contributed by atoms with E-state index in [4.69, 9.17) is 4.74 Å². The summed E-state index contributed by atoms with van der Waals surface area (Å²) in [6.45, 7) is 3.52. The Morgan fingerprint density at radius 3 is 3.17 bits per heavy atom. The van der Waals surface area contributed by atoms with Crippen LogP contribution in [-0.4, -0.2) is 5.97 Å². The Hall–Kier alpha value is -1.09. The molecule has 0 aliphatic carbocycles. The Kier molecular flexibility index (Phi) is 3.54. The fraction of sp³-hybridized carbons (Fsp3) is 0.222. The topological polar surface area (TPSA) is 26.3 Å². The third kappa shape index (κ3) is 2.88. The van der Waals surface area contributed by atoms with Crippen LogP contribution >= 0.6 is 11.3 Å². The molecule has 0 aliphatic heterocycles. The molecule has 0 radical (unpaired) electrons. The molecule has 12 heavy (non-hydrogen) atoms. The van der Waals surface area contributed by atoms with Crippen LogP contribution < -0.4 is 4.74 Å². The van der Waals surface area contributed by atoms with Gasteiger partial charge in [-0.15, -0.1) is 17.9 Å². The van der Waals surface area contributed by atoms with Gasteiger partial charge in [-0.2, -0.15) is 0 Å². The molecule has 0 aliphatic rings. The molecule has 0 amide bonds. The van der Waals surface area contributed by atoms with Gasteiger partial charge in [0.1, 0.15) is 0 Å². The summed E-state index contributed by atoms with van der Waals surface area (Å²) in [6.07, 6.45) is 2.78. The number of carbonyl (C=O) groups excluding carboxylic acids is 1. The second-order valence-electron chi connectivity index (χ2n) is 2.23. The summed E-state index contributed by atoms with van der Waals surface area (Å²) in [5.74, 6) is -0.197. The molecule has 0 unspecified atom stereocenters. The zero-order valence-electron chi connectivity index (χ0n) is 6.66. The molecule has 0 N–H and O–H groups in total. The minimum absolute atomic E-state index is 0.197. The fourth-order valence-corrected chi connectivity index (χ4v) is 1.29. The summed E-state index contributed by atoms with van der Waals surface area (Å²) in [5.41, 5.74) is 0. The third-order valence-corrected chi connectivity index (χ3v) is 2.01. The average molecular weight is 182 g/mol. The minimum atomic E-state index is -0.197. The van der Waals surface area contributed by atoms with Crippen molar-refractivity contribution in [2.75, 3.05) is 0 Å². The van der Waals surface area contributed by atoms with Crippen molar-refractivity contribution in [2.24, 2.45) is 0 Å². The fourth-order valence-electron chi connectivity index (χ4n) is 0.705. The molecule has 1 aromatic heterocycles. The summed E-state index contributed by atoms with van der Waals surface area (Å²) in [4.78, 5) is 11.0. The Labute approximate surface area is 75.5 Å². The normalized spacial score (nSPS) is 9.33. The molecule has 2 nitrogen and oxygen atoms in total. The summed E-state index contributed by atoms with van der Waals surface area (Å²) < 4.78 is 4.99. The highest BCUT2D eigenvalue weighted by Crippen LogP contribution is 2.18. The molecule has 3 heteroatoms. The number of esters is 1. The van der Waals surface area contributed by atoms with E-state index >= 15 is 0 Å². The Balaban J connectivity index is 2.32. The van der Waals surface area contributed by atoms with Crippen LogP contribution in [0.2, 0.25) is 0 Å². The number of allylic oxidation sites excluding steroid dienone is 1. The van der Waals surface area contributed by atoms with E-state index in [2.05, 4.69) is 6.58 Å². The second kappa shape index (κ2) is 4.72. The number of rotatable bonds is 4. The van der Waals surface area contributed by atoms with Crippen molar-refractivity contribution in [3.05, 3.63) is 30.2 Å². The lowest BCUT2D eigenvalue weighted by molar-refractivity contribution is -0.134. The number of thiophene rings is 1. The van der Waals surface area contributed by atoms with Gasteiger partial charge in [-0.05, 0) is 23.9 Å². The van der Waals surface area contributed by atoms with E-state index < -0.39 is 0 Å². The van der Waals surface area contributed by atoms with Crippen molar-refractivity contribution in [1.29, 1.82) is 0 Å². The Bertz CT molecular complexity index is 252. The van der Waals surface area contributed by atoms with Gasteiger partial charge in [0.2, 0.25) is 0 Å². The molecule has 0 bridgehead atoms. The van der Waals surface area contributed by atoms with E-state index in [9.17, 15) is 4.79 Å². The molecule has 0 saturated carbocycles. The summed E-state index contributed by atoms with van der Waals surface area (Å²) in [5, 5.41) is 2.53. The third-order valence-electron chi connectivity index (χ3n) is 1.26. The van der Waals surface area contributed by atoms with E-state index in [0.717, 1.165) is 0 Å². The smallest absolute Gasteiger partial charge is 0.312 e. The zero-order chi connectivity index (χ0) is 8.81. The molecule has 0 aromatic carbocycles. The largest absolute Gasteiger partial charge is 0.415 e. The van der Waals surface area contributed by atoms with Crippen molar-refractivity contribution in [3.63, 3.8) is 0 Å². The van der Waals surface area contributed by atoms with Crippen LogP contribution in [0.15, 0.2) is 30.2 Å². The standard InChI is InChI=1S/C9H10O2S/c1-2-3-5-8(10)11-9-6-4-7-12-9/h2,4,6-7H,1,3,5H2. The Morgan fingerprint density at radius 1 is 1.75 bits per heavy atom. The van der Waals surface area contributed by atoms with Gasteiger partial charge in [0.05, 0.1) is 0 Å². The summed E-state index contributed by atoms with van der Waals surface area (Å²) in [6, 6.07) is 3.62. The first-order chi connectivity index (χ1) is 5.83. The highest BCUT2D eigenvalue weighted by Gasteiger charge is 2.02. The highest BCUT2D eigenvalue weighted by atomic mass is 32.1. The van der Waals surface area contributed by atoms with Crippen LogP contribution in [0.4, 0.5) is 0 Å². The maximum atomic E-state index is 11.0. The molecule has 1 heterocycles. The average Bonchev–Trinajstić information content (AvgIpc) is 2.53. The highest BCUT2D eigenvalue weighted by molar-refractivity contribution is 7.11. The number of ether oxygens (including phenoxy) is 1. The number of hydrogen-bond donors (Lipinski definition) is 0. The van der Waals surface area contributed by atoms with Gasteiger partial charge in [0.25, 0.3) is 0 Å². The van der Waals surface area contributed by atoms with E-state index in [1.165, 1.54) is 11.3 Å². The lowest BCUT2D eigenvalue weighted by atomic mass is 10.3. The van der Waals surface area contributed by atoms with E-state index in [1.807, 2.05) is 11.4 Å². The maximum absolute atomic E-state index is 11.0. The molecular formula is C9H10O2S. The van der Waals surface area contributed by atoms with Gasteiger partial charge in [-0.1, -0.05) is 6.08 Å². The van der Waals surface area contributed by atoms with Gasteiger partial charge in [-0.25, -0.2) is 0 Å². The van der Waals surface area contributed by atoms with Crippen LogP contribution in [0, 0.1) is 0 Å². The van der Waals surface area contributed by atoms with Crippen LogP contribution in [0.5, 0.6) is 5.06 Å². The first-order valence-corrected chi connectivity index (χ1v) is 4.56. The van der Waals surface area contributed by atoms with Crippen molar-refractivity contribution in [1.82, 2.24) is 0 Å². The Morgan fingerprint density at radius 2 is 2.58 bits per heavy atom. The second-order valence-corrected chi connectivity index (χ2v) is 3.14. The molecule has 0 atom stereocenters. The summed E-state index contributed by atoms with van der Waals surface area (Å²) >= 11 is 1.42. The molecule has 64 valence electrons. The van der Waals surface area contributed by atoms with E-state index in [0.29, 0.717) is 17.9 Å². The van der Waals surface area contributed by atoms with Crippen LogP contribution in [-0.2, 0) is 4.79 Å². The lowest BCUT2D eigenvalue weighted by Gasteiger charge is -1.97. The summed E-state index contributed by atoms with van der Waals surface area (Å²) in [7, 11) is 0. The van der Waals surface area contributed by atoms with Crippen LogP contribution in [0.3, 0.4) is 0 Å². The molecule has 1 rings (SSSR count). The quantitative estimate of drug-likeness (QED) is 0.528. The predicted molar refractivity (Wildman–Crippen MR) is 49.4 cm³/mol. The molecule has 0 fully saturated rings.